The first-order chi connectivity index (χ1) is 12.8. The number of fused-ring (bicyclic) bond motifs is 2. The van der Waals surface area contributed by atoms with Crippen molar-refractivity contribution in [3.8, 4) is 0 Å². The van der Waals surface area contributed by atoms with Gasteiger partial charge >= 0.3 is 0 Å². The first-order valence-corrected chi connectivity index (χ1v) is 11.4. The fraction of sp³-hybridized carbons (Fsp3) is 0.778. The Morgan fingerprint density at radius 2 is 0.897 bits per heavy atom. The molecule has 0 atom stereocenters. The number of hydrogen-bond donors (Lipinski definition) is 0. The predicted octanol–water partition coefficient (Wildman–Crippen LogP) is 7.50. The monoisotopic (exact) mass is 400 g/mol. The molecule has 1 aromatic carbocycles. The summed E-state index contributed by atoms with van der Waals surface area (Å²) in [6.07, 6.45) is 2.97. The first kappa shape index (κ1) is 22.8. The maximum atomic E-state index is 6.10. The highest BCUT2D eigenvalue weighted by Crippen LogP contribution is 2.54. The fourth-order valence-electron chi connectivity index (χ4n) is 6.73. The second-order valence-corrected chi connectivity index (χ2v) is 13.7. The van der Waals surface area contributed by atoms with Crippen LogP contribution in [0.3, 0.4) is 0 Å². The van der Waals surface area contributed by atoms with E-state index in [0.717, 1.165) is 19.3 Å². The Labute approximate surface area is 179 Å². The summed E-state index contributed by atoms with van der Waals surface area (Å²) in [5, 5.41) is 0. The maximum absolute atomic E-state index is 6.10. The quantitative estimate of drug-likeness (QED) is 0.420. The topological polar surface area (TPSA) is 18.5 Å². The molecule has 1 aliphatic heterocycles. The molecule has 0 saturated heterocycles. The summed E-state index contributed by atoms with van der Waals surface area (Å²) >= 11 is 0. The summed E-state index contributed by atoms with van der Waals surface area (Å²) in [5.74, 6) is 0. The number of benzene rings is 1. The molecule has 0 N–H and O–H groups in total. The minimum atomic E-state index is -0.365. The van der Waals surface area contributed by atoms with Crippen molar-refractivity contribution in [2.24, 2.45) is 0 Å². The van der Waals surface area contributed by atoms with E-state index in [2.05, 4.69) is 95.2 Å². The van der Waals surface area contributed by atoms with Crippen LogP contribution in [0.25, 0.3) is 0 Å². The van der Waals surface area contributed by atoms with Crippen molar-refractivity contribution in [3.63, 3.8) is 0 Å². The second kappa shape index (κ2) is 6.33. The van der Waals surface area contributed by atoms with E-state index >= 15 is 0 Å². The Morgan fingerprint density at radius 1 is 0.517 bits per heavy atom. The molecule has 4 rings (SSSR count). The number of hydrogen-bond acceptors (Lipinski definition) is 2. The first-order valence-electron chi connectivity index (χ1n) is 11.4. The molecule has 29 heavy (non-hydrogen) atoms. The van der Waals surface area contributed by atoms with Crippen molar-refractivity contribution in [1.29, 1.82) is 0 Å². The summed E-state index contributed by atoms with van der Waals surface area (Å²) in [6, 6.07) is 5.03. The van der Waals surface area contributed by atoms with E-state index in [-0.39, 0.29) is 32.9 Å². The molecule has 2 heteroatoms. The van der Waals surface area contributed by atoms with Crippen LogP contribution in [0.1, 0.15) is 125 Å². The lowest BCUT2D eigenvalue weighted by molar-refractivity contribution is -0.405. The van der Waals surface area contributed by atoms with Crippen LogP contribution in [-0.2, 0) is 31.4 Å². The summed E-state index contributed by atoms with van der Waals surface area (Å²) < 4.78 is 0. The smallest absolute Gasteiger partial charge is 0.0988 e. The molecule has 0 aromatic heterocycles. The highest BCUT2D eigenvalue weighted by Gasteiger charge is 2.47. The van der Waals surface area contributed by atoms with Gasteiger partial charge in [0.1, 0.15) is 0 Å². The van der Waals surface area contributed by atoms with Crippen LogP contribution in [0.5, 0.6) is 0 Å². The molecular formula is C27H44O2. The third-order valence-corrected chi connectivity index (χ3v) is 7.17. The van der Waals surface area contributed by atoms with E-state index in [4.69, 9.17) is 9.78 Å². The zero-order chi connectivity index (χ0) is 22.3. The SMILES string of the molecule is CC1(C)CC(C)(C)c2cc3cc(c2C(C)(C)CC3(C)C)C(C)(C)CC(C)(C)OO1. The molecule has 2 aliphatic carbocycles. The lowest BCUT2D eigenvalue weighted by Crippen LogP contribution is -2.38. The van der Waals surface area contributed by atoms with Crippen molar-refractivity contribution < 1.29 is 9.78 Å². The normalized spacial score (nSPS) is 28.3. The fourth-order valence-corrected chi connectivity index (χ4v) is 6.73. The van der Waals surface area contributed by atoms with Crippen LogP contribution in [-0.4, -0.2) is 11.2 Å². The molecule has 3 aliphatic rings. The van der Waals surface area contributed by atoms with E-state index in [1.54, 1.807) is 5.56 Å². The Morgan fingerprint density at radius 3 is 1.28 bits per heavy atom. The maximum Gasteiger partial charge on any atom is 0.0988 e. The zero-order valence-corrected chi connectivity index (χ0v) is 21.1. The summed E-state index contributed by atoms with van der Waals surface area (Å²) in [6.45, 7) is 27.9. The Balaban J connectivity index is 2.41. The van der Waals surface area contributed by atoms with Crippen LogP contribution in [0, 0.1) is 0 Å². The third kappa shape index (κ3) is 4.17. The summed E-state index contributed by atoms with van der Waals surface area (Å²) in [5.41, 5.74) is 5.55. The molecule has 0 amide bonds. The molecule has 0 saturated carbocycles. The Hall–Kier alpha value is -0.860. The van der Waals surface area contributed by atoms with Gasteiger partial charge in [0.05, 0.1) is 11.2 Å². The summed E-state index contributed by atoms with van der Waals surface area (Å²) in [4.78, 5) is 12.2. The minimum absolute atomic E-state index is 0.0186. The van der Waals surface area contributed by atoms with Crippen molar-refractivity contribution in [1.82, 2.24) is 0 Å². The van der Waals surface area contributed by atoms with Gasteiger partial charge in [0, 0.05) is 0 Å². The molecule has 0 unspecified atom stereocenters. The van der Waals surface area contributed by atoms with E-state index < -0.39 is 0 Å². The Kier molecular flexibility index (Phi) is 4.98. The van der Waals surface area contributed by atoms with Gasteiger partial charge in [-0.05, 0) is 90.9 Å². The van der Waals surface area contributed by atoms with Gasteiger partial charge in [-0.3, -0.25) is 0 Å². The van der Waals surface area contributed by atoms with E-state index in [1.807, 2.05) is 0 Å². The van der Waals surface area contributed by atoms with Gasteiger partial charge in [0.2, 0.25) is 0 Å². The van der Waals surface area contributed by atoms with Crippen LogP contribution < -0.4 is 0 Å². The van der Waals surface area contributed by atoms with Crippen molar-refractivity contribution >= 4 is 0 Å². The van der Waals surface area contributed by atoms with Gasteiger partial charge < -0.3 is 0 Å². The van der Waals surface area contributed by atoms with Gasteiger partial charge in [0.15, 0.2) is 0 Å². The lowest BCUT2D eigenvalue weighted by atomic mass is 9.64. The number of rotatable bonds is 0. The Bertz CT molecular complexity index is 755. The predicted molar refractivity (Wildman–Crippen MR) is 123 cm³/mol. The van der Waals surface area contributed by atoms with E-state index in [1.165, 1.54) is 16.7 Å². The molecule has 4 bridgehead atoms. The van der Waals surface area contributed by atoms with Gasteiger partial charge in [-0.2, -0.15) is 0 Å². The summed E-state index contributed by atoms with van der Waals surface area (Å²) in [7, 11) is 0. The van der Waals surface area contributed by atoms with E-state index in [9.17, 15) is 0 Å². The molecular weight excluding hydrogens is 356 g/mol. The molecule has 2 nitrogen and oxygen atoms in total. The second-order valence-electron chi connectivity index (χ2n) is 13.7. The highest BCUT2D eigenvalue weighted by atomic mass is 17.2. The average molecular weight is 401 g/mol. The zero-order valence-electron chi connectivity index (χ0n) is 21.1. The molecule has 1 aromatic rings. The van der Waals surface area contributed by atoms with Gasteiger partial charge in [-0.1, -0.05) is 67.5 Å². The van der Waals surface area contributed by atoms with Crippen LogP contribution in [0.4, 0.5) is 0 Å². The van der Waals surface area contributed by atoms with Crippen molar-refractivity contribution in [3.05, 3.63) is 34.4 Å². The molecule has 1 heterocycles. The van der Waals surface area contributed by atoms with Crippen molar-refractivity contribution in [2.75, 3.05) is 0 Å². The van der Waals surface area contributed by atoms with Crippen LogP contribution in [0.2, 0.25) is 0 Å². The van der Waals surface area contributed by atoms with Gasteiger partial charge in [-0.25, -0.2) is 9.78 Å². The van der Waals surface area contributed by atoms with E-state index in [0.29, 0.717) is 0 Å². The average Bonchev–Trinajstić information content (AvgIpc) is 2.61. The minimum Gasteiger partial charge on any atom is -0.230 e. The molecule has 0 fully saturated rings. The van der Waals surface area contributed by atoms with Crippen LogP contribution in [0.15, 0.2) is 12.1 Å². The molecule has 0 radical (unpaired) electrons. The van der Waals surface area contributed by atoms with Gasteiger partial charge in [-0.15, -0.1) is 0 Å². The third-order valence-electron chi connectivity index (χ3n) is 7.17. The van der Waals surface area contributed by atoms with Crippen molar-refractivity contribution in [2.45, 2.75) is 135 Å². The van der Waals surface area contributed by atoms with Crippen LogP contribution >= 0.6 is 0 Å². The van der Waals surface area contributed by atoms with Gasteiger partial charge in [0.25, 0.3) is 0 Å². The largest absolute Gasteiger partial charge is 0.230 e. The standard InChI is InChI=1S/C27H44O2/c1-22(2)15-25(7,8)21-19-13-18(22)14-20(21)24(5,6)17-27(11,12)29-28-26(9,10)16-23(19,3)4/h13-14H,15-17H2,1-12H3. The lowest BCUT2D eigenvalue weighted by Gasteiger charge is -2.40. The molecule has 0 spiro atoms. The molecule has 164 valence electrons. The highest BCUT2D eigenvalue weighted by molar-refractivity contribution is 5.54.